The Morgan fingerprint density at radius 2 is 2.22 bits per heavy atom. The molecule has 1 N–H and O–H groups in total. The number of hydrogen-bond donors (Lipinski definition) is 1. The van der Waals surface area contributed by atoms with Gasteiger partial charge in [0.2, 0.25) is 0 Å². The minimum atomic E-state index is 0.509. The molecule has 3 nitrogen and oxygen atoms in total. The highest BCUT2D eigenvalue weighted by Crippen LogP contribution is 2.36. The summed E-state index contributed by atoms with van der Waals surface area (Å²) in [5.74, 6) is 1.01. The predicted octanol–water partition coefficient (Wildman–Crippen LogP) is 3.21. The predicted molar refractivity (Wildman–Crippen MR) is 75.6 cm³/mol. The van der Waals surface area contributed by atoms with E-state index < -0.39 is 0 Å². The average molecular weight is 249 g/mol. The standard InChI is InChI=1S/C15H27N3/c1-4-10-16-15(9-8-12-6-7-12)13-11-18(3)17-14(13)5-2/h11-12,15-16H,4-10H2,1-3H3. The minimum absolute atomic E-state index is 0.509. The van der Waals surface area contributed by atoms with E-state index >= 15 is 0 Å². The molecule has 1 atom stereocenters. The van der Waals surface area contributed by atoms with Crippen LogP contribution in [0.3, 0.4) is 0 Å². The molecule has 102 valence electrons. The number of aryl methyl sites for hydroxylation is 2. The van der Waals surface area contributed by atoms with Gasteiger partial charge in [0.1, 0.15) is 0 Å². The average Bonchev–Trinajstić information content (AvgIpc) is 3.11. The van der Waals surface area contributed by atoms with Gasteiger partial charge >= 0.3 is 0 Å². The number of nitrogens with one attached hydrogen (secondary N) is 1. The molecule has 0 aliphatic heterocycles. The summed E-state index contributed by atoms with van der Waals surface area (Å²) in [6.45, 7) is 5.53. The molecule has 0 bridgehead atoms. The second kappa shape index (κ2) is 6.37. The van der Waals surface area contributed by atoms with Crippen molar-refractivity contribution in [2.45, 2.75) is 58.4 Å². The number of aromatic nitrogens is 2. The Morgan fingerprint density at radius 3 is 2.83 bits per heavy atom. The Labute approximate surface area is 111 Å². The van der Waals surface area contributed by atoms with Crippen molar-refractivity contribution in [3.63, 3.8) is 0 Å². The highest BCUT2D eigenvalue weighted by Gasteiger charge is 2.24. The highest BCUT2D eigenvalue weighted by atomic mass is 15.3. The largest absolute Gasteiger partial charge is 0.310 e. The van der Waals surface area contributed by atoms with E-state index in [1.54, 1.807) is 0 Å². The molecule has 1 unspecified atom stereocenters. The van der Waals surface area contributed by atoms with Crippen molar-refractivity contribution < 1.29 is 0 Å². The normalized spacial score (nSPS) is 17.1. The molecule has 1 saturated carbocycles. The van der Waals surface area contributed by atoms with Crippen molar-refractivity contribution in [3.05, 3.63) is 17.5 Å². The zero-order valence-corrected chi connectivity index (χ0v) is 12.1. The molecule has 0 spiro atoms. The third kappa shape index (κ3) is 3.58. The Kier molecular flexibility index (Phi) is 4.81. The van der Waals surface area contributed by atoms with Gasteiger partial charge in [-0.3, -0.25) is 4.68 Å². The lowest BCUT2D eigenvalue weighted by molar-refractivity contribution is 0.467. The van der Waals surface area contributed by atoms with E-state index in [1.165, 1.54) is 43.4 Å². The van der Waals surface area contributed by atoms with E-state index in [4.69, 9.17) is 0 Å². The molecule has 1 aliphatic rings. The van der Waals surface area contributed by atoms with Crippen LogP contribution in [0.15, 0.2) is 6.20 Å². The molecule has 3 heteroatoms. The number of rotatable bonds is 8. The molecule has 0 saturated heterocycles. The fourth-order valence-electron chi connectivity index (χ4n) is 2.61. The van der Waals surface area contributed by atoms with Crippen molar-refractivity contribution >= 4 is 0 Å². The molecule has 0 radical (unpaired) electrons. The highest BCUT2D eigenvalue weighted by molar-refractivity contribution is 5.21. The van der Waals surface area contributed by atoms with Gasteiger partial charge in [0.25, 0.3) is 0 Å². The molecular formula is C15H27N3. The van der Waals surface area contributed by atoms with Crippen molar-refractivity contribution in [2.75, 3.05) is 6.54 Å². The summed E-state index contributed by atoms with van der Waals surface area (Å²) in [5.41, 5.74) is 2.69. The number of nitrogens with zero attached hydrogens (tertiary/aromatic N) is 2. The molecule has 1 aliphatic carbocycles. The molecule has 1 fully saturated rings. The van der Waals surface area contributed by atoms with E-state index in [-0.39, 0.29) is 0 Å². The maximum atomic E-state index is 4.58. The van der Waals surface area contributed by atoms with Crippen LogP contribution in [0.1, 0.15) is 63.3 Å². The van der Waals surface area contributed by atoms with Crippen LogP contribution in [0.25, 0.3) is 0 Å². The third-order valence-corrected chi connectivity index (χ3v) is 3.85. The smallest absolute Gasteiger partial charge is 0.0669 e. The SMILES string of the molecule is CCCNC(CCC1CC1)c1cn(C)nc1CC. The van der Waals surface area contributed by atoms with E-state index in [1.807, 2.05) is 11.7 Å². The van der Waals surface area contributed by atoms with E-state index in [0.29, 0.717) is 6.04 Å². The van der Waals surface area contributed by atoms with Crippen LogP contribution in [0.5, 0.6) is 0 Å². The lowest BCUT2D eigenvalue weighted by Crippen LogP contribution is -2.23. The molecule has 1 aromatic rings. The molecule has 18 heavy (non-hydrogen) atoms. The van der Waals surface area contributed by atoms with Gasteiger partial charge in [-0.1, -0.05) is 26.7 Å². The van der Waals surface area contributed by atoms with Gasteiger partial charge in [0.05, 0.1) is 5.69 Å². The summed E-state index contributed by atoms with van der Waals surface area (Å²) >= 11 is 0. The second-order valence-corrected chi connectivity index (χ2v) is 5.59. The lowest BCUT2D eigenvalue weighted by Gasteiger charge is -2.18. The summed E-state index contributed by atoms with van der Waals surface area (Å²) in [4.78, 5) is 0. The first kappa shape index (κ1) is 13.6. The molecule has 2 rings (SSSR count). The Hall–Kier alpha value is -0.830. The van der Waals surface area contributed by atoms with Gasteiger partial charge in [-0.2, -0.15) is 5.10 Å². The van der Waals surface area contributed by atoms with E-state index in [2.05, 4.69) is 30.5 Å². The summed E-state index contributed by atoms with van der Waals surface area (Å²) in [7, 11) is 2.03. The van der Waals surface area contributed by atoms with Crippen molar-refractivity contribution in [3.8, 4) is 0 Å². The Bertz CT molecular complexity index is 366. The van der Waals surface area contributed by atoms with Gasteiger partial charge in [0.15, 0.2) is 0 Å². The van der Waals surface area contributed by atoms with Crippen molar-refractivity contribution in [2.24, 2.45) is 13.0 Å². The number of hydrogen-bond acceptors (Lipinski definition) is 2. The summed E-state index contributed by atoms with van der Waals surface area (Å²) < 4.78 is 1.96. The molecule has 0 amide bonds. The first-order valence-corrected chi connectivity index (χ1v) is 7.50. The monoisotopic (exact) mass is 249 g/mol. The van der Waals surface area contributed by atoms with Crippen LogP contribution in [-0.4, -0.2) is 16.3 Å². The molecule has 1 heterocycles. The summed E-state index contributed by atoms with van der Waals surface area (Å²) in [6.07, 6.45) is 9.98. The van der Waals surface area contributed by atoms with Crippen LogP contribution in [0.4, 0.5) is 0 Å². The third-order valence-electron chi connectivity index (χ3n) is 3.85. The Morgan fingerprint density at radius 1 is 1.44 bits per heavy atom. The zero-order valence-electron chi connectivity index (χ0n) is 12.1. The van der Waals surface area contributed by atoms with Crippen LogP contribution in [-0.2, 0) is 13.5 Å². The molecule has 1 aromatic heterocycles. The molecule has 0 aromatic carbocycles. The zero-order chi connectivity index (χ0) is 13.0. The second-order valence-electron chi connectivity index (χ2n) is 5.59. The summed E-state index contributed by atoms with van der Waals surface area (Å²) in [5, 5.41) is 8.28. The minimum Gasteiger partial charge on any atom is -0.310 e. The fourth-order valence-corrected chi connectivity index (χ4v) is 2.61. The van der Waals surface area contributed by atoms with E-state index in [0.717, 1.165) is 18.9 Å². The fraction of sp³-hybridized carbons (Fsp3) is 0.800. The first-order valence-electron chi connectivity index (χ1n) is 7.50. The maximum Gasteiger partial charge on any atom is 0.0669 e. The topological polar surface area (TPSA) is 29.9 Å². The van der Waals surface area contributed by atoms with Crippen molar-refractivity contribution in [1.29, 1.82) is 0 Å². The van der Waals surface area contributed by atoms with Crippen LogP contribution < -0.4 is 5.32 Å². The van der Waals surface area contributed by atoms with Gasteiger partial charge in [-0.05, 0) is 38.1 Å². The van der Waals surface area contributed by atoms with Gasteiger partial charge in [0, 0.05) is 24.8 Å². The van der Waals surface area contributed by atoms with Crippen LogP contribution in [0.2, 0.25) is 0 Å². The summed E-state index contributed by atoms with van der Waals surface area (Å²) in [6, 6.07) is 0.509. The van der Waals surface area contributed by atoms with Gasteiger partial charge < -0.3 is 5.32 Å². The lowest BCUT2D eigenvalue weighted by atomic mass is 10.00. The molecular weight excluding hydrogens is 222 g/mol. The van der Waals surface area contributed by atoms with Crippen LogP contribution >= 0.6 is 0 Å². The van der Waals surface area contributed by atoms with E-state index in [9.17, 15) is 0 Å². The van der Waals surface area contributed by atoms with Gasteiger partial charge in [-0.25, -0.2) is 0 Å². The van der Waals surface area contributed by atoms with Crippen LogP contribution in [0, 0.1) is 5.92 Å². The first-order chi connectivity index (χ1) is 8.74. The Balaban J connectivity index is 2.03. The van der Waals surface area contributed by atoms with Crippen molar-refractivity contribution in [1.82, 2.24) is 15.1 Å². The quantitative estimate of drug-likeness (QED) is 0.766. The van der Waals surface area contributed by atoms with Gasteiger partial charge in [-0.15, -0.1) is 0 Å². The maximum absolute atomic E-state index is 4.58.